The summed E-state index contributed by atoms with van der Waals surface area (Å²) in [5.74, 6) is 0.484. The lowest BCUT2D eigenvalue weighted by molar-refractivity contribution is 0.602. The first-order valence-electron chi connectivity index (χ1n) is 5.81. The van der Waals surface area contributed by atoms with E-state index < -0.39 is 10.0 Å². The Morgan fingerprint density at radius 1 is 1.20 bits per heavy atom. The summed E-state index contributed by atoms with van der Waals surface area (Å²) < 4.78 is 26.0. The van der Waals surface area contributed by atoms with E-state index in [9.17, 15) is 8.42 Å². The first kappa shape index (κ1) is 14.6. The molecule has 0 radical (unpaired) electrons. The summed E-state index contributed by atoms with van der Waals surface area (Å²) in [5.41, 5.74) is 6.32. The number of nitrogens with zero attached hydrogens (tertiary/aromatic N) is 2. The third-order valence-corrected chi connectivity index (χ3v) is 4.78. The van der Waals surface area contributed by atoms with Crippen molar-refractivity contribution < 1.29 is 8.42 Å². The van der Waals surface area contributed by atoms with Gasteiger partial charge in [-0.3, -0.25) is 4.72 Å². The van der Waals surface area contributed by atoms with E-state index in [0.29, 0.717) is 11.4 Å². The van der Waals surface area contributed by atoms with Crippen molar-refractivity contribution in [2.75, 3.05) is 22.0 Å². The molecule has 0 spiro atoms. The maximum Gasteiger partial charge on any atom is 0.236 e. The highest BCUT2D eigenvalue weighted by molar-refractivity contribution is 8.01. The number of hydrogen-bond acceptors (Lipinski definition) is 6. The second-order valence-electron chi connectivity index (χ2n) is 3.91. The fraction of sp³-hybridized carbons (Fsp3) is 0.167. The van der Waals surface area contributed by atoms with Crippen molar-refractivity contribution in [3.8, 4) is 0 Å². The Bertz CT molecular complexity index is 662. The molecule has 0 bridgehead atoms. The van der Waals surface area contributed by atoms with Crippen molar-refractivity contribution in [3.05, 3.63) is 42.7 Å². The highest BCUT2D eigenvalue weighted by Gasteiger charge is 2.11. The van der Waals surface area contributed by atoms with Crippen LogP contribution < -0.4 is 10.5 Å². The number of sulfonamides is 1. The molecule has 20 heavy (non-hydrogen) atoms. The molecular weight excluding hydrogens is 296 g/mol. The van der Waals surface area contributed by atoms with E-state index in [-0.39, 0.29) is 11.7 Å². The number of hydrogen-bond donors (Lipinski definition) is 2. The van der Waals surface area contributed by atoms with Gasteiger partial charge >= 0.3 is 0 Å². The molecule has 3 N–H and O–H groups in total. The van der Waals surface area contributed by atoms with Gasteiger partial charge in [-0.05, 0) is 24.3 Å². The fourth-order valence-electron chi connectivity index (χ4n) is 1.42. The molecular formula is C12H14N4O2S2. The molecule has 0 atom stereocenters. The average Bonchev–Trinajstić information content (AvgIpc) is 2.39. The quantitative estimate of drug-likeness (QED) is 0.621. The summed E-state index contributed by atoms with van der Waals surface area (Å²) in [6.45, 7) is 0. The van der Waals surface area contributed by atoms with Crippen molar-refractivity contribution in [1.29, 1.82) is 0 Å². The number of nitrogens with one attached hydrogen (secondary N) is 1. The van der Waals surface area contributed by atoms with E-state index >= 15 is 0 Å². The van der Waals surface area contributed by atoms with Gasteiger partial charge in [0.25, 0.3) is 0 Å². The summed E-state index contributed by atoms with van der Waals surface area (Å²) in [5, 5.41) is 0. The van der Waals surface area contributed by atoms with Gasteiger partial charge in [0.1, 0.15) is 0 Å². The lowest BCUT2D eigenvalue weighted by Gasteiger charge is -2.06. The minimum Gasteiger partial charge on any atom is -0.399 e. The first-order valence-corrected chi connectivity index (χ1v) is 8.45. The minimum absolute atomic E-state index is 0.0231. The SMILES string of the molecule is Nc1cccc(SCCS(=O)(=O)Nc2ncccn2)c1. The van der Waals surface area contributed by atoms with Crippen LogP contribution in [0.4, 0.5) is 11.6 Å². The molecule has 1 aromatic heterocycles. The topological polar surface area (TPSA) is 98.0 Å². The van der Waals surface area contributed by atoms with E-state index in [0.717, 1.165) is 4.90 Å². The Labute approximate surface area is 121 Å². The number of nitrogens with two attached hydrogens (primary N) is 1. The standard InChI is InChI=1S/C12H14N4O2S2/c13-10-3-1-4-11(9-10)19-7-8-20(17,18)16-12-14-5-2-6-15-12/h1-6,9H,7-8,13H2,(H,14,15,16). The van der Waals surface area contributed by atoms with Gasteiger partial charge in [-0.1, -0.05) is 6.07 Å². The average molecular weight is 310 g/mol. The zero-order valence-corrected chi connectivity index (χ0v) is 12.2. The highest BCUT2D eigenvalue weighted by atomic mass is 32.2. The largest absolute Gasteiger partial charge is 0.399 e. The van der Waals surface area contributed by atoms with Crippen LogP contribution in [0.1, 0.15) is 0 Å². The van der Waals surface area contributed by atoms with Crippen molar-refractivity contribution in [3.63, 3.8) is 0 Å². The molecule has 0 aliphatic rings. The van der Waals surface area contributed by atoms with Crippen molar-refractivity contribution >= 4 is 33.4 Å². The number of aromatic nitrogens is 2. The number of thioether (sulfide) groups is 1. The first-order chi connectivity index (χ1) is 9.55. The minimum atomic E-state index is -3.44. The molecule has 0 fully saturated rings. The number of nitrogen functional groups attached to an aromatic ring is 1. The van der Waals surface area contributed by atoms with E-state index in [2.05, 4.69) is 14.7 Å². The Hall–Kier alpha value is -1.80. The zero-order chi connectivity index (χ0) is 14.4. The smallest absolute Gasteiger partial charge is 0.236 e. The highest BCUT2D eigenvalue weighted by Crippen LogP contribution is 2.20. The second-order valence-corrected chi connectivity index (χ2v) is 6.92. The van der Waals surface area contributed by atoms with Crippen LogP contribution in [0.15, 0.2) is 47.6 Å². The molecule has 6 nitrogen and oxygen atoms in total. The van der Waals surface area contributed by atoms with Gasteiger partial charge in [-0.15, -0.1) is 11.8 Å². The molecule has 0 saturated heterocycles. The van der Waals surface area contributed by atoms with Crippen molar-refractivity contribution in [2.24, 2.45) is 0 Å². The van der Waals surface area contributed by atoms with Crippen LogP contribution in [0.25, 0.3) is 0 Å². The maximum atomic E-state index is 11.8. The predicted octanol–water partition coefficient (Wildman–Crippen LogP) is 1.59. The van der Waals surface area contributed by atoms with Gasteiger partial charge in [0, 0.05) is 28.7 Å². The summed E-state index contributed by atoms with van der Waals surface area (Å²) in [6.07, 6.45) is 2.96. The Morgan fingerprint density at radius 3 is 2.65 bits per heavy atom. The van der Waals surface area contributed by atoms with Crippen LogP contribution >= 0.6 is 11.8 Å². The van der Waals surface area contributed by atoms with Crippen molar-refractivity contribution in [2.45, 2.75) is 4.90 Å². The second kappa shape index (κ2) is 6.58. The number of rotatable bonds is 6. The predicted molar refractivity (Wildman–Crippen MR) is 81.0 cm³/mol. The van der Waals surface area contributed by atoms with Gasteiger partial charge in [-0.25, -0.2) is 18.4 Å². The molecule has 1 heterocycles. The van der Waals surface area contributed by atoms with Crippen LogP contribution in [0, 0.1) is 0 Å². The normalized spacial score (nSPS) is 11.2. The molecule has 2 rings (SSSR count). The Balaban J connectivity index is 1.87. The van der Waals surface area contributed by atoms with Crippen LogP contribution in [-0.4, -0.2) is 29.9 Å². The molecule has 0 aliphatic carbocycles. The van der Waals surface area contributed by atoms with Crippen molar-refractivity contribution in [1.82, 2.24) is 9.97 Å². The molecule has 0 saturated carbocycles. The van der Waals surface area contributed by atoms with Gasteiger partial charge in [-0.2, -0.15) is 0 Å². The van der Waals surface area contributed by atoms with E-state index in [1.807, 2.05) is 18.2 Å². The van der Waals surface area contributed by atoms with Crippen LogP contribution in [-0.2, 0) is 10.0 Å². The van der Waals surface area contributed by atoms with Crippen LogP contribution in [0.3, 0.4) is 0 Å². The molecule has 0 amide bonds. The third-order valence-electron chi connectivity index (χ3n) is 2.29. The number of anilines is 2. The summed E-state index contributed by atoms with van der Waals surface area (Å²) in [7, 11) is -3.44. The molecule has 1 aromatic carbocycles. The van der Waals surface area contributed by atoms with Gasteiger partial charge in [0.2, 0.25) is 16.0 Å². The third kappa shape index (κ3) is 4.71. The Morgan fingerprint density at radius 2 is 1.95 bits per heavy atom. The molecule has 2 aromatic rings. The maximum absolute atomic E-state index is 11.8. The fourth-order valence-corrected chi connectivity index (χ4v) is 3.74. The van der Waals surface area contributed by atoms with E-state index in [1.54, 1.807) is 12.1 Å². The molecule has 0 unspecified atom stereocenters. The molecule has 8 heteroatoms. The lowest BCUT2D eigenvalue weighted by atomic mass is 10.3. The summed E-state index contributed by atoms with van der Waals surface area (Å²) in [4.78, 5) is 8.57. The van der Waals surface area contributed by atoms with Crippen LogP contribution in [0.2, 0.25) is 0 Å². The van der Waals surface area contributed by atoms with E-state index in [1.165, 1.54) is 24.2 Å². The summed E-state index contributed by atoms with van der Waals surface area (Å²) >= 11 is 1.43. The van der Waals surface area contributed by atoms with Gasteiger partial charge in [0.15, 0.2) is 0 Å². The summed E-state index contributed by atoms with van der Waals surface area (Å²) in [6, 6.07) is 8.94. The van der Waals surface area contributed by atoms with Gasteiger partial charge < -0.3 is 5.73 Å². The van der Waals surface area contributed by atoms with Gasteiger partial charge in [0.05, 0.1) is 5.75 Å². The lowest BCUT2D eigenvalue weighted by Crippen LogP contribution is -2.19. The molecule has 0 aliphatic heterocycles. The number of benzene rings is 1. The van der Waals surface area contributed by atoms with Crippen LogP contribution in [0.5, 0.6) is 0 Å². The monoisotopic (exact) mass is 310 g/mol. The zero-order valence-electron chi connectivity index (χ0n) is 10.6. The molecule has 106 valence electrons. The van der Waals surface area contributed by atoms with E-state index in [4.69, 9.17) is 5.73 Å². The Kier molecular flexibility index (Phi) is 4.80.